The Morgan fingerprint density at radius 3 is 2.67 bits per heavy atom. The molecule has 1 heterocycles. The molecular formula is C15H15BrF2N2O. The van der Waals surface area contributed by atoms with Crippen LogP contribution in [0.2, 0.25) is 0 Å². The Morgan fingerprint density at radius 1 is 1.24 bits per heavy atom. The molecule has 0 bridgehead atoms. The van der Waals surface area contributed by atoms with Crippen molar-refractivity contribution < 1.29 is 13.5 Å². The number of rotatable bonds is 5. The van der Waals surface area contributed by atoms with Crippen molar-refractivity contribution >= 4 is 15.9 Å². The molecule has 0 saturated heterocycles. The summed E-state index contributed by atoms with van der Waals surface area (Å²) in [7, 11) is 0. The van der Waals surface area contributed by atoms with E-state index in [2.05, 4.69) is 26.2 Å². The van der Waals surface area contributed by atoms with Gasteiger partial charge in [0.25, 0.3) is 0 Å². The number of pyridine rings is 1. The monoisotopic (exact) mass is 356 g/mol. The third-order valence-corrected chi connectivity index (χ3v) is 3.13. The molecule has 1 aromatic carbocycles. The second-order valence-corrected chi connectivity index (χ2v) is 5.75. The first-order valence-electron chi connectivity index (χ1n) is 6.46. The molecule has 1 aromatic heterocycles. The minimum absolute atomic E-state index is 0.203. The summed E-state index contributed by atoms with van der Waals surface area (Å²) in [4.78, 5) is 4.18. The Hall–Kier alpha value is -1.53. The summed E-state index contributed by atoms with van der Waals surface area (Å²) < 4.78 is 32.5. The normalized spacial score (nSPS) is 11.0. The predicted octanol–water partition coefficient (Wildman–Crippen LogP) is 4.41. The maximum atomic E-state index is 13.2. The molecule has 0 aliphatic heterocycles. The lowest BCUT2D eigenvalue weighted by atomic mass is 10.2. The number of nitrogens with one attached hydrogen (secondary N) is 1. The standard InChI is InChI=1S/C15H15BrF2N2O/c1-9(2)19-7-10-5-11(16)8-20-15(10)21-12-3-4-13(17)14(18)6-12/h3-6,8-9,19H,7H2,1-2H3. The number of ether oxygens (including phenoxy) is 1. The van der Waals surface area contributed by atoms with E-state index in [-0.39, 0.29) is 5.75 Å². The third kappa shape index (κ3) is 4.47. The summed E-state index contributed by atoms with van der Waals surface area (Å²) in [5.74, 6) is -1.30. The molecule has 1 N–H and O–H groups in total. The minimum Gasteiger partial charge on any atom is -0.439 e. The average molecular weight is 357 g/mol. The van der Waals surface area contributed by atoms with E-state index in [0.29, 0.717) is 18.5 Å². The van der Waals surface area contributed by atoms with Crippen LogP contribution in [-0.2, 0) is 6.54 Å². The van der Waals surface area contributed by atoms with E-state index >= 15 is 0 Å². The lowest BCUT2D eigenvalue weighted by molar-refractivity contribution is 0.438. The Kier molecular flexibility index (Phi) is 5.25. The van der Waals surface area contributed by atoms with Gasteiger partial charge in [-0.15, -0.1) is 0 Å². The van der Waals surface area contributed by atoms with Crippen LogP contribution in [0.15, 0.2) is 34.9 Å². The Labute approximate surface area is 130 Å². The van der Waals surface area contributed by atoms with E-state index in [9.17, 15) is 8.78 Å². The predicted molar refractivity (Wildman–Crippen MR) is 80.3 cm³/mol. The molecule has 6 heteroatoms. The van der Waals surface area contributed by atoms with Crippen LogP contribution in [0.5, 0.6) is 11.6 Å². The molecule has 112 valence electrons. The van der Waals surface area contributed by atoms with Gasteiger partial charge in [0.15, 0.2) is 11.6 Å². The van der Waals surface area contributed by atoms with Crippen LogP contribution in [-0.4, -0.2) is 11.0 Å². The van der Waals surface area contributed by atoms with Crippen molar-refractivity contribution in [2.45, 2.75) is 26.4 Å². The number of hydrogen-bond donors (Lipinski definition) is 1. The van der Waals surface area contributed by atoms with Gasteiger partial charge >= 0.3 is 0 Å². The van der Waals surface area contributed by atoms with Crippen LogP contribution in [0.25, 0.3) is 0 Å². The van der Waals surface area contributed by atoms with E-state index in [0.717, 1.165) is 22.2 Å². The number of hydrogen-bond acceptors (Lipinski definition) is 3. The molecule has 0 spiro atoms. The third-order valence-electron chi connectivity index (χ3n) is 2.70. The van der Waals surface area contributed by atoms with Gasteiger partial charge < -0.3 is 10.1 Å². The number of nitrogens with zero attached hydrogens (tertiary/aromatic N) is 1. The van der Waals surface area contributed by atoms with Crippen LogP contribution in [0.4, 0.5) is 8.78 Å². The molecule has 0 atom stereocenters. The van der Waals surface area contributed by atoms with Gasteiger partial charge in [-0.25, -0.2) is 13.8 Å². The Bertz CT molecular complexity index is 635. The second-order valence-electron chi connectivity index (χ2n) is 4.83. The summed E-state index contributed by atoms with van der Waals surface area (Å²) in [6.45, 7) is 4.62. The van der Waals surface area contributed by atoms with Gasteiger partial charge in [-0.2, -0.15) is 0 Å². The van der Waals surface area contributed by atoms with Gasteiger partial charge in [0, 0.05) is 34.9 Å². The van der Waals surface area contributed by atoms with Gasteiger partial charge in [-0.1, -0.05) is 13.8 Å². The first kappa shape index (κ1) is 15.9. The highest BCUT2D eigenvalue weighted by molar-refractivity contribution is 9.10. The highest BCUT2D eigenvalue weighted by Crippen LogP contribution is 2.26. The molecule has 0 amide bonds. The van der Waals surface area contributed by atoms with Gasteiger partial charge in [-0.3, -0.25) is 0 Å². The smallest absolute Gasteiger partial charge is 0.223 e. The molecular weight excluding hydrogens is 342 g/mol. The highest BCUT2D eigenvalue weighted by atomic mass is 79.9. The molecule has 0 unspecified atom stereocenters. The second kappa shape index (κ2) is 6.95. The minimum atomic E-state index is -0.952. The molecule has 0 fully saturated rings. The average Bonchev–Trinajstić information content (AvgIpc) is 2.43. The fourth-order valence-electron chi connectivity index (χ4n) is 1.65. The zero-order valence-corrected chi connectivity index (χ0v) is 13.2. The molecule has 3 nitrogen and oxygen atoms in total. The SMILES string of the molecule is CC(C)NCc1cc(Br)cnc1Oc1ccc(F)c(F)c1. The van der Waals surface area contributed by atoms with E-state index in [1.165, 1.54) is 6.07 Å². The number of aromatic nitrogens is 1. The summed E-state index contributed by atoms with van der Waals surface area (Å²) in [5, 5.41) is 3.26. The highest BCUT2D eigenvalue weighted by Gasteiger charge is 2.10. The van der Waals surface area contributed by atoms with E-state index < -0.39 is 11.6 Å². The maximum Gasteiger partial charge on any atom is 0.223 e. The van der Waals surface area contributed by atoms with Crippen LogP contribution < -0.4 is 10.1 Å². The van der Waals surface area contributed by atoms with Gasteiger partial charge in [-0.05, 0) is 34.1 Å². The zero-order chi connectivity index (χ0) is 15.4. The zero-order valence-electron chi connectivity index (χ0n) is 11.7. The van der Waals surface area contributed by atoms with Gasteiger partial charge in [0.05, 0.1) is 0 Å². The van der Waals surface area contributed by atoms with Crippen molar-refractivity contribution in [3.05, 3.63) is 52.1 Å². The summed E-state index contributed by atoms with van der Waals surface area (Å²) >= 11 is 3.35. The van der Waals surface area contributed by atoms with Gasteiger partial charge in [0.1, 0.15) is 5.75 Å². The largest absolute Gasteiger partial charge is 0.439 e. The molecule has 0 radical (unpaired) electrons. The van der Waals surface area contributed by atoms with Crippen molar-refractivity contribution in [1.82, 2.24) is 10.3 Å². The summed E-state index contributed by atoms with van der Waals surface area (Å²) in [6.07, 6.45) is 1.59. The maximum absolute atomic E-state index is 13.2. The molecule has 0 aliphatic rings. The van der Waals surface area contributed by atoms with Crippen molar-refractivity contribution in [2.24, 2.45) is 0 Å². The molecule has 2 rings (SSSR count). The summed E-state index contributed by atoms with van der Waals surface area (Å²) in [5.41, 5.74) is 0.822. The number of benzene rings is 1. The summed E-state index contributed by atoms with van der Waals surface area (Å²) in [6, 6.07) is 5.56. The topological polar surface area (TPSA) is 34.2 Å². The first-order valence-corrected chi connectivity index (χ1v) is 7.25. The first-order chi connectivity index (χ1) is 9.95. The van der Waals surface area contributed by atoms with Crippen LogP contribution in [0.1, 0.15) is 19.4 Å². The van der Waals surface area contributed by atoms with Crippen molar-refractivity contribution in [3.63, 3.8) is 0 Å². The molecule has 21 heavy (non-hydrogen) atoms. The molecule has 0 saturated carbocycles. The van der Waals surface area contributed by atoms with E-state index in [1.807, 2.05) is 19.9 Å². The fraction of sp³-hybridized carbons (Fsp3) is 0.267. The molecule has 0 aliphatic carbocycles. The van der Waals surface area contributed by atoms with Crippen molar-refractivity contribution in [3.8, 4) is 11.6 Å². The quantitative estimate of drug-likeness (QED) is 0.861. The van der Waals surface area contributed by atoms with Gasteiger partial charge in [0.2, 0.25) is 5.88 Å². The Morgan fingerprint density at radius 2 is 2.00 bits per heavy atom. The fourth-order valence-corrected chi connectivity index (χ4v) is 2.03. The van der Waals surface area contributed by atoms with E-state index in [4.69, 9.17) is 4.74 Å². The van der Waals surface area contributed by atoms with E-state index in [1.54, 1.807) is 6.20 Å². The van der Waals surface area contributed by atoms with Crippen molar-refractivity contribution in [2.75, 3.05) is 0 Å². The van der Waals surface area contributed by atoms with Crippen LogP contribution in [0, 0.1) is 11.6 Å². The Balaban J connectivity index is 2.23. The lowest BCUT2D eigenvalue weighted by Crippen LogP contribution is -2.22. The lowest BCUT2D eigenvalue weighted by Gasteiger charge is -2.13. The molecule has 2 aromatic rings. The van der Waals surface area contributed by atoms with Crippen molar-refractivity contribution in [1.29, 1.82) is 0 Å². The van der Waals surface area contributed by atoms with Crippen LogP contribution in [0.3, 0.4) is 0 Å². The van der Waals surface area contributed by atoms with Crippen LogP contribution >= 0.6 is 15.9 Å². The number of halogens is 3.